The standard InChI is InChI=1S/C7H11N3S/c1-11-7-9-4-6(2-3-8)5-10-7/h4-5H,2-3,8H2,1H3. The van der Waals surface area contributed by atoms with Crippen molar-refractivity contribution < 1.29 is 0 Å². The predicted octanol–water partition coefficient (Wildman–Crippen LogP) is 0.700. The summed E-state index contributed by atoms with van der Waals surface area (Å²) in [6.07, 6.45) is 6.46. The SMILES string of the molecule is CSc1ncc(CCN)cn1. The highest BCUT2D eigenvalue weighted by Crippen LogP contribution is 2.06. The Morgan fingerprint density at radius 1 is 1.45 bits per heavy atom. The molecule has 0 aliphatic rings. The van der Waals surface area contributed by atoms with Crippen LogP contribution < -0.4 is 5.73 Å². The Bertz CT molecular complexity index is 209. The highest BCUT2D eigenvalue weighted by atomic mass is 32.2. The lowest BCUT2D eigenvalue weighted by Crippen LogP contribution is -2.03. The minimum atomic E-state index is 0.655. The van der Waals surface area contributed by atoms with Gasteiger partial charge in [0.2, 0.25) is 0 Å². The van der Waals surface area contributed by atoms with Crippen LogP contribution in [0.25, 0.3) is 0 Å². The van der Waals surface area contributed by atoms with Crippen molar-refractivity contribution in [1.29, 1.82) is 0 Å². The molecule has 0 spiro atoms. The van der Waals surface area contributed by atoms with Crippen molar-refractivity contribution in [3.8, 4) is 0 Å². The average molecular weight is 169 g/mol. The molecule has 0 aromatic carbocycles. The maximum atomic E-state index is 5.37. The minimum Gasteiger partial charge on any atom is -0.330 e. The topological polar surface area (TPSA) is 51.8 Å². The summed E-state index contributed by atoms with van der Waals surface area (Å²) < 4.78 is 0. The fourth-order valence-corrected chi connectivity index (χ4v) is 1.06. The molecule has 0 unspecified atom stereocenters. The van der Waals surface area contributed by atoms with E-state index >= 15 is 0 Å². The normalized spacial score (nSPS) is 10.0. The van der Waals surface area contributed by atoms with E-state index in [1.165, 1.54) is 0 Å². The first kappa shape index (κ1) is 8.49. The Balaban J connectivity index is 2.66. The molecule has 0 radical (unpaired) electrons. The van der Waals surface area contributed by atoms with Crippen molar-refractivity contribution in [3.63, 3.8) is 0 Å². The van der Waals surface area contributed by atoms with Gasteiger partial charge in [0.25, 0.3) is 0 Å². The Morgan fingerprint density at radius 3 is 2.55 bits per heavy atom. The van der Waals surface area contributed by atoms with Crippen molar-refractivity contribution >= 4 is 11.8 Å². The van der Waals surface area contributed by atoms with E-state index in [-0.39, 0.29) is 0 Å². The highest BCUT2D eigenvalue weighted by Gasteiger charge is 1.93. The van der Waals surface area contributed by atoms with Gasteiger partial charge >= 0.3 is 0 Å². The van der Waals surface area contributed by atoms with Crippen LogP contribution >= 0.6 is 11.8 Å². The first-order valence-corrected chi connectivity index (χ1v) is 4.64. The van der Waals surface area contributed by atoms with E-state index in [0.29, 0.717) is 6.54 Å². The van der Waals surface area contributed by atoms with Crippen LogP contribution in [0.15, 0.2) is 17.6 Å². The van der Waals surface area contributed by atoms with Gasteiger partial charge in [-0.25, -0.2) is 9.97 Å². The summed E-state index contributed by atoms with van der Waals surface area (Å²) in [6.45, 7) is 0.655. The number of hydrogen-bond donors (Lipinski definition) is 1. The molecule has 4 heteroatoms. The van der Waals surface area contributed by atoms with Gasteiger partial charge in [0, 0.05) is 12.4 Å². The van der Waals surface area contributed by atoms with Gasteiger partial charge in [-0.15, -0.1) is 0 Å². The summed E-state index contributed by atoms with van der Waals surface area (Å²) in [5.74, 6) is 0. The highest BCUT2D eigenvalue weighted by molar-refractivity contribution is 7.98. The maximum absolute atomic E-state index is 5.37. The monoisotopic (exact) mass is 169 g/mol. The largest absolute Gasteiger partial charge is 0.330 e. The molecule has 3 nitrogen and oxygen atoms in total. The maximum Gasteiger partial charge on any atom is 0.187 e. The number of rotatable bonds is 3. The Kier molecular flexibility index (Phi) is 3.32. The zero-order valence-corrected chi connectivity index (χ0v) is 7.27. The molecule has 0 atom stereocenters. The van der Waals surface area contributed by atoms with Crippen molar-refractivity contribution in [3.05, 3.63) is 18.0 Å². The predicted molar refractivity (Wildman–Crippen MR) is 46.6 cm³/mol. The first-order chi connectivity index (χ1) is 5.36. The Labute approximate surface area is 70.4 Å². The quantitative estimate of drug-likeness (QED) is 0.534. The van der Waals surface area contributed by atoms with Crippen LogP contribution in [-0.4, -0.2) is 22.8 Å². The zero-order chi connectivity index (χ0) is 8.10. The van der Waals surface area contributed by atoms with Gasteiger partial charge in [-0.2, -0.15) is 0 Å². The van der Waals surface area contributed by atoms with Crippen molar-refractivity contribution in [2.75, 3.05) is 12.8 Å². The summed E-state index contributed by atoms with van der Waals surface area (Å²) in [6, 6.07) is 0. The van der Waals surface area contributed by atoms with Gasteiger partial charge in [-0.3, -0.25) is 0 Å². The average Bonchev–Trinajstić information content (AvgIpc) is 2.07. The van der Waals surface area contributed by atoms with Crippen LogP contribution in [0.5, 0.6) is 0 Å². The van der Waals surface area contributed by atoms with Gasteiger partial charge in [0.1, 0.15) is 0 Å². The number of aromatic nitrogens is 2. The molecule has 0 saturated heterocycles. The molecule has 0 amide bonds. The molecule has 0 saturated carbocycles. The third kappa shape index (κ3) is 2.48. The third-order valence-electron chi connectivity index (χ3n) is 1.30. The van der Waals surface area contributed by atoms with Crippen LogP contribution in [0.4, 0.5) is 0 Å². The van der Waals surface area contributed by atoms with Gasteiger partial charge in [0.15, 0.2) is 5.16 Å². The molecular formula is C7H11N3S. The summed E-state index contributed by atoms with van der Waals surface area (Å²) >= 11 is 1.54. The van der Waals surface area contributed by atoms with Gasteiger partial charge in [-0.1, -0.05) is 11.8 Å². The van der Waals surface area contributed by atoms with E-state index in [1.54, 1.807) is 11.8 Å². The van der Waals surface area contributed by atoms with Gasteiger partial charge in [-0.05, 0) is 24.8 Å². The van der Waals surface area contributed by atoms with Crippen molar-refractivity contribution in [2.45, 2.75) is 11.6 Å². The fraction of sp³-hybridized carbons (Fsp3) is 0.429. The molecule has 2 N–H and O–H groups in total. The smallest absolute Gasteiger partial charge is 0.187 e. The van der Waals surface area contributed by atoms with Crippen LogP contribution in [0.3, 0.4) is 0 Å². The van der Waals surface area contributed by atoms with Crippen molar-refractivity contribution in [1.82, 2.24) is 9.97 Å². The van der Waals surface area contributed by atoms with Crippen molar-refractivity contribution in [2.24, 2.45) is 5.73 Å². The Hall–Kier alpha value is -0.610. The fourth-order valence-electron chi connectivity index (χ4n) is 0.744. The van der Waals surface area contributed by atoms with Gasteiger partial charge < -0.3 is 5.73 Å². The molecule has 1 aromatic heterocycles. The molecule has 11 heavy (non-hydrogen) atoms. The van der Waals surface area contributed by atoms with E-state index in [2.05, 4.69) is 9.97 Å². The van der Waals surface area contributed by atoms with Crippen LogP contribution in [-0.2, 0) is 6.42 Å². The number of thioether (sulfide) groups is 1. The van der Waals surface area contributed by atoms with E-state index < -0.39 is 0 Å². The first-order valence-electron chi connectivity index (χ1n) is 3.42. The molecule has 0 fully saturated rings. The number of hydrogen-bond acceptors (Lipinski definition) is 4. The minimum absolute atomic E-state index is 0.655. The molecule has 0 aliphatic carbocycles. The van der Waals surface area contributed by atoms with E-state index in [4.69, 9.17) is 5.73 Å². The second-order valence-electron chi connectivity index (χ2n) is 2.12. The van der Waals surface area contributed by atoms with E-state index in [1.807, 2.05) is 18.6 Å². The lowest BCUT2D eigenvalue weighted by atomic mass is 10.2. The molecular weight excluding hydrogens is 158 g/mol. The second-order valence-corrected chi connectivity index (χ2v) is 2.89. The van der Waals surface area contributed by atoms with Crippen LogP contribution in [0.2, 0.25) is 0 Å². The zero-order valence-electron chi connectivity index (χ0n) is 6.45. The van der Waals surface area contributed by atoms with Gasteiger partial charge in [0.05, 0.1) is 0 Å². The van der Waals surface area contributed by atoms with Crippen LogP contribution in [0, 0.1) is 0 Å². The molecule has 1 rings (SSSR count). The number of nitrogens with zero attached hydrogens (tertiary/aromatic N) is 2. The lowest BCUT2D eigenvalue weighted by Gasteiger charge is -1.97. The number of nitrogens with two attached hydrogens (primary N) is 1. The Morgan fingerprint density at radius 2 is 2.09 bits per heavy atom. The lowest BCUT2D eigenvalue weighted by molar-refractivity contribution is 0.892. The summed E-state index contributed by atoms with van der Waals surface area (Å²) in [4.78, 5) is 8.22. The molecule has 0 aliphatic heterocycles. The molecule has 1 heterocycles. The summed E-state index contributed by atoms with van der Waals surface area (Å²) in [5, 5.41) is 0.811. The molecule has 0 bridgehead atoms. The summed E-state index contributed by atoms with van der Waals surface area (Å²) in [7, 11) is 0. The van der Waals surface area contributed by atoms with E-state index in [0.717, 1.165) is 17.1 Å². The van der Waals surface area contributed by atoms with Crippen LogP contribution in [0.1, 0.15) is 5.56 Å². The summed E-state index contributed by atoms with van der Waals surface area (Å²) in [5.41, 5.74) is 6.47. The second kappa shape index (κ2) is 4.31. The molecule has 60 valence electrons. The molecule has 1 aromatic rings. The third-order valence-corrected chi connectivity index (χ3v) is 1.87. The van der Waals surface area contributed by atoms with E-state index in [9.17, 15) is 0 Å².